The van der Waals surface area contributed by atoms with Crippen LogP contribution in [0.4, 0.5) is 13.2 Å². The fourth-order valence-corrected chi connectivity index (χ4v) is 2.23. The summed E-state index contributed by atoms with van der Waals surface area (Å²) in [7, 11) is -4.75. The van der Waals surface area contributed by atoms with Gasteiger partial charge in [0.15, 0.2) is 0 Å². The summed E-state index contributed by atoms with van der Waals surface area (Å²) < 4.78 is 68.4. The van der Waals surface area contributed by atoms with E-state index in [2.05, 4.69) is 13.9 Å². The Kier molecular flexibility index (Phi) is 4.20. The van der Waals surface area contributed by atoms with Gasteiger partial charge in [-0.15, -0.1) is 0 Å². The van der Waals surface area contributed by atoms with Crippen LogP contribution in [0.1, 0.15) is 16.1 Å². The summed E-state index contributed by atoms with van der Waals surface area (Å²) in [6, 6.07) is 5.46. The smallest absolute Gasteiger partial charge is 0.465 e. The number of esters is 1. The zero-order valence-corrected chi connectivity index (χ0v) is 12.7. The molecule has 2 rings (SSSR count). The van der Waals surface area contributed by atoms with E-state index in [1.54, 1.807) is 0 Å². The number of nitrogens with zero attached hydrogens (tertiary/aromatic N) is 1. The first kappa shape index (κ1) is 17.0. The van der Waals surface area contributed by atoms with Gasteiger partial charge in [-0.1, -0.05) is 6.07 Å². The molecule has 2 aromatic rings. The lowest BCUT2D eigenvalue weighted by atomic mass is 10.1. The minimum Gasteiger partial charge on any atom is -0.465 e. The summed E-state index contributed by atoms with van der Waals surface area (Å²) in [5.41, 5.74) is -5.33. The van der Waals surface area contributed by atoms with Gasteiger partial charge in [0.25, 0.3) is 0 Å². The Morgan fingerprint density at radius 3 is 2.43 bits per heavy atom. The molecule has 0 aliphatic heterocycles. The predicted octanol–water partition coefficient (Wildman–Crippen LogP) is 2.56. The predicted molar refractivity (Wildman–Crippen MR) is 73.4 cm³/mol. The minimum atomic E-state index is -5.88. The number of benzene rings is 1. The van der Waals surface area contributed by atoms with Gasteiger partial charge >= 0.3 is 21.6 Å². The summed E-state index contributed by atoms with van der Waals surface area (Å²) in [5.74, 6) is -1.50. The van der Waals surface area contributed by atoms with E-state index in [4.69, 9.17) is 0 Å². The Bertz CT molecular complexity index is 877. The van der Waals surface area contributed by atoms with Gasteiger partial charge in [-0.3, -0.25) is 0 Å². The number of alkyl halides is 3. The average Bonchev–Trinajstić information content (AvgIpc) is 2.44. The van der Waals surface area contributed by atoms with E-state index in [9.17, 15) is 26.4 Å². The van der Waals surface area contributed by atoms with Crippen molar-refractivity contribution in [1.82, 2.24) is 4.98 Å². The molecule has 0 spiro atoms. The minimum absolute atomic E-state index is 0.0138. The number of methoxy groups -OCH3 is 1. The maximum atomic E-state index is 12.5. The van der Waals surface area contributed by atoms with Crippen molar-refractivity contribution >= 4 is 26.9 Å². The van der Waals surface area contributed by atoms with Crippen molar-refractivity contribution in [2.75, 3.05) is 7.11 Å². The van der Waals surface area contributed by atoms with Crippen LogP contribution in [-0.4, -0.2) is 32.0 Å². The highest BCUT2D eigenvalue weighted by Crippen LogP contribution is 2.31. The number of aryl methyl sites for hydroxylation is 1. The van der Waals surface area contributed by atoms with Crippen LogP contribution < -0.4 is 4.18 Å². The van der Waals surface area contributed by atoms with Crippen LogP contribution in [0.25, 0.3) is 10.8 Å². The van der Waals surface area contributed by atoms with Crippen LogP contribution >= 0.6 is 0 Å². The largest absolute Gasteiger partial charge is 0.534 e. The zero-order valence-electron chi connectivity index (χ0n) is 11.8. The van der Waals surface area contributed by atoms with E-state index in [-0.39, 0.29) is 16.6 Å². The number of hydrogen-bond acceptors (Lipinski definition) is 6. The van der Waals surface area contributed by atoms with Crippen LogP contribution in [0.15, 0.2) is 24.3 Å². The number of aromatic nitrogens is 1. The maximum Gasteiger partial charge on any atom is 0.534 e. The van der Waals surface area contributed by atoms with E-state index in [0.717, 1.165) is 13.2 Å². The fourth-order valence-electron chi connectivity index (χ4n) is 1.80. The van der Waals surface area contributed by atoms with E-state index < -0.39 is 27.5 Å². The van der Waals surface area contributed by atoms with E-state index in [1.807, 2.05) is 0 Å². The molecule has 0 radical (unpaired) electrons. The fraction of sp³-hybridized carbons (Fsp3) is 0.231. The monoisotopic (exact) mass is 349 g/mol. The van der Waals surface area contributed by atoms with Gasteiger partial charge in [0.1, 0.15) is 0 Å². The second kappa shape index (κ2) is 5.69. The lowest BCUT2D eigenvalue weighted by molar-refractivity contribution is -0.0500. The molecule has 124 valence electrons. The summed E-state index contributed by atoms with van der Waals surface area (Å²) in [6.45, 7) is 1.46. The molecule has 0 atom stereocenters. The molecule has 10 heteroatoms. The van der Waals surface area contributed by atoms with E-state index in [0.29, 0.717) is 5.39 Å². The topological polar surface area (TPSA) is 82.6 Å². The zero-order chi connectivity index (χ0) is 17.4. The number of halogens is 3. The van der Waals surface area contributed by atoms with Crippen molar-refractivity contribution in [2.45, 2.75) is 12.4 Å². The van der Waals surface area contributed by atoms with Gasteiger partial charge in [0.2, 0.25) is 5.88 Å². The van der Waals surface area contributed by atoms with Gasteiger partial charge < -0.3 is 8.92 Å². The van der Waals surface area contributed by atoms with E-state index in [1.165, 1.54) is 25.1 Å². The first-order valence-electron chi connectivity index (χ1n) is 6.05. The molecule has 1 aromatic carbocycles. The highest BCUT2D eigenvalue weighted by atomic mass is 32.2. The van der Waals surface area contributed by atoms with Gasteiger partial charge in [-0.2, -0.15) is 21.6 Å². The molecule has 0 saturated carbocycles. The van der Waals surface area contributed by atoms with Crippen molar-refractivity contribution in [3.63, 3.8) is 0 Å². The third-order valence-electron chi connectivity index (χ3n) is 2.82. The number of carbonyl (C=O) groups is 1. The maximum absolute atomic E-state index is 12.5. The van der Waals surface area contributed by atoms with Crippen LogP contribution in [0, 0.1) is 6.92 Å². The number of ether oxygens (including phenoxy) is 1. The summed E-state index contributed by atoms with van der Waals surface area (Å²) >= 11 is 0. The number of hydrogen-bond donors (Lipinski definition) is 0. The Balaban J connectivity index is 2.64. The summed E-state index contributed by atoms with van der Waals surface area (Å²) in [6.07, 6.45) is 0. The van der Waals surface area contributed by atoms with Crippen molar-refractivity contribution < 1.29 is 35.3 Å². The van der Waals surface area contributed by atoms with Crippen molar-refractivity contribution in [1.29, 1.82) is 0 Å². The molecule has 0 aliphatic rings. The standard InChI is InChI=1S/C13H10F3NO5S/c1-7-5-8-3-4-9(12(18)21-2)6-10(8)11(17-7)22-23(19,20)13(14,15)16/h3-6H,1-2H3. The third-order valence-corrected chi connectivity index (χ3v) is 3.76. The molecule has 1 heterocycles. The number of fused-ring (bicyclic) bond motifs is 1. The van der Waals surface area contributed by atoms with Crippen LogP contribution in [0.5, 0.6) is 5.88 Å². The van der Waals surface area contributed by atoms with Gasteiger partial charge in [0.05, 0.1) is 12.7 Å². The summed E-state index contributed by atoms with van der Waals surface area (Å²) in [4.78, 5) is 15.2. The Labute approximate surface area is 129 Å². The van der Waals surface area contributed by atoms with Gasteiger partial charge in [0, 0.05) is 11.1 Å². The molecule has 0 unspecified atom stereocenters. The van der Waals surface area contributed by atoms with Crippen molar-refractivity contribution in [2.24, 2.45) is 0 Å². The molecule has 23 heavy (non-hydrogen) atoms. The Morgan fingerprint density at radius 1 is 1.22 bits per heavy atom. The summed E-state index contributed by atoms with van der Waals surface area (Å²) in [5, 5.41) is 0.295. The third kappa shape index (κ3) is 3.36. The molecule has 6 nitrogen and oxygen atoms in total. The molecular weight excluding hydrogens is 339 g/mol. The SMILES string of the molecule is COC(=O)c1ccc2cc(C)nc(OS(=O)(=O)C(F)(F)F)c2c1. The lowest BCUT2D eigenvalue weighted by Crippen LogP contribution is -2.28. The Hall–Kier alpha value is -2.36. The average molecular weight is 349 g/mol. The Morgan fingerprint density at radius 2 is 1.87 bits per heavy atom. The second-order valence-electron chi connectivity index (χ2n) is 4.48. The molecule has 0 amide bonds. The normalized spacial score (nSPS) is 12.2. The molecule has 1 aromatic heterocycles. The van der Waals surface area contributed by atoms with Crippen LogP contribution in [-0.2, 0) is 14.9 Å². The number of rotatable bonds is 3. The highest BCUT2D eigenvalue weighted by molar-refractivity contribution is 7.88. The highest BCUT2D eigenvalue weighted by Gasteiger charge is 2.49. The van der Waals surface area contributed by atoms with Crippen molar-refractivity contribution in [3.8, 4) is 5.88 Å². The second-order valence-corrected chi connectivity index (χ2v) is 6.02. The molecule has 0 fully saturated rings. The molecule has 0 aliphatic carbocycles. The van der Waals surface area contributed by atoms with Gasteiger partial charge in [-0.05, 0) is 30.5 Å². The van der Waals surface area contributed by atoms with E-state index >= 15 is 0 Å². The first-order valence-corrected chi connectivity index (χ1v) is 7.46. The molecule has 0 saturated heterocycles. The van der Waals surface area contributed by atoms with Crippen LogP contribution in [0.2, 0.25) is 0 Å². The lowest BCUT2D eigenvalue weighted by Gasteiger charge is -2.12. The molecule has 0 N–H and O–H groups in total. The van der Waals surface area contributed by atoms with Crippen molar-refractivity contribution in [3.05, 3.63) is 35.5 Å². The number of carbonyl (C=O) groups excluding carboxylic acids is 1. The molecule has 0 bridgehead atoms. The first-order chi connectivity index (χ1) is 10.5. The quantitative estimate of drug-likeness (QED) is 0.481. The number of pyridine rings is 1. The van der Waals surface area contributed by atoms with Gasteiger partial charge in [-0.25, -0.2) is 9.78 Å². The molecular formula is C13H10F3NO5S. The van der Waals surface area contributed by atoms with Crippen LogP contribution in [0.3, 0.4) is 0 Å².